The van der Waals surface area contributed by atoms with E-state index in [1.54, 1.807) is 0 Å². The molecule has 3 heterocycles. The lowest BCUT2D eigenvalue weighted by molar-refractivity contribution is 0.0727. The van der Waals surface area contributed by atoms with Crippen molar-refractivity contribution >= 4 is 17.2 Å². The second-order valence-corrected chi connectivity index (χ2v) is 8.38. The number of fused-ring (bicyclic) bond motifs is 1. The summed E-state index contributed by atoms with van der Waals surface area (Å²) in [5.41, 5.74) is 2.60. The molecule has 2 aromatic heterocycles. The van der Waals surface area contributed by atoms with Gasteiger partial charge in [-0.05, 0) is 0 Å². The number of thiazole rings is 1. The second kappa shape index (κ2) is 6.36. The van der Waals surface area contributed by atoms with E-state index in [9.17, 15) is 4.79 Å². The number of rotatable bonds is 2. The number of benzene rings is 1. The number of hydrogen-bond donors (Lipinski definition) is 0. The van der Waals surface area contributed by atoms with Crippen molar-refractivity contribution in [3.05, 3.63) is 58.1 Å². The van der Waals surface area contributed by atoms with Crippen LogP contribution in [0.25, 0.3) is 11.3 Å². The van der Waals surface area contributed by atoms with Crippen LogP contribution >= 0.6 is 11.3 Å². The zero-order chi connectivity index (χ0) is 18.3. The summed E-state index contributed by atoms with van der Waals surface area (Å²) in [5, 5.41) is 2.46. The smallest absolute Gasteiger partial charge is 0.283 e. The van der Waals surface area contributed by atoms with Gasteiger partial charge in [0.2, 0.25) is 0 Å². The van der Waals surface area contributed by atoms with Gasteiger partial charge >= 0.3 is 0 Å². The Hall–Kier alpha value is -2.47. The fourth-order valence-corrected chi connectivity index (χ4v) is 3.73. The Bertz CT molecular complexity index is 938. The molecule has 1 aliphatic rings. The van der Waals surface area contributed by atoms with E-state index in [2.05, 4.69) is 30.7 Å². The Morgan fingerprint density at radius 3 is 2.69 bits per heavy atom. The maximum absolute atomic E-state index is 12.9. The summed E-state index contributed by atoms with van der Waals surface area (Å²) in [6.07, 6.45) is 0.696. The highest BCUT2D eigenvalue weighted by molar-refractivity contribution is 7.12. The van der Waals surface area contributed by atoms with Crippen molar-refractivity contribution in [3.63, 3.8) is 0 Å². The minimum Gasteiger partial charge on any atom is -0.445 e. The second-order valence-electron chi connectivity index (χ2n) is 7.52. The van der Waals surface area contributed by atoms with Gasteiger partial charge in [0.15, 0.2) is 10.9 Å². The van der Waals surface area contributed by atoms with E-state index in [0.29, 0.717) is 24.5 Å². The van der Waals surface area contributed by atoms with Crippen LogP contribution in [0.3, 0.4) is 0 Å². The standard InChI is InChI=1S/C20H21N3O2S/c1-20(2,3)19-22-14-11-23(10-9-16(14)25-19)18(24)17-21-15(12-26-17)13-7-5-4-6-8-13/h4-8,12H,9-11H2,1-3H3. The van der Waals surface area contributed by atoms with Crippen LogP contribution in [0.5, 0.6) is 0 Å². The van der Waals surface area contributed by atoms with Crippen LogP contribution in [0, 0.1) is 0 Å². The number of hydrogen-bond acceptors (Lipinski definition) is 5. The first-order valence-electron chi connectivity index (χ1n) is 8.71. The normalized spacial score (nSPS) is 14.3. The quantitative estimate of drug-likeness (QED) is 0.678. The Kier molecular flexibility index (Phi) is 4.15. The Morgan fingerprint density at radius 1 is 1.19 bits per heavy atom. The molecule has 6 heteroatoms. The number of aromatic nitrogens is 2. The predicted octanol–water partition coefficient (Wildman–Crippen LogP) is 4.29. The molecule has 0 unspecified atom stereocenters. The molecule has 0 N–H and O–H groups in total. The average molecular weight is 367 g/mol. The predicted molar refractivity (Wildman–Crippen MR) is 101 cm³/mol. The van der Waals surface area contributed by atoms with Gasteiger partial charge in [-0.3, -0.25) is 4.79 Å². The molecule has 4 rings (SSSR count). The molecule has 0 fully saturated rings. The summed E-state index contributed by atoms with van der Waals surface area (Å²) >= 11 is 1.39. The third kappa shape index (κ3) is 3.17. The van der Waals surface area contributed by atoms with Gasteiger partial charge in [-0.2, -0.15) is 0 Å². The van der Waals surface area contributed by atoms with Crippen LogP contribution < -0.4 is 0 Å². The van der Waals surface area contributed by atoms with Crippen LogP contribution in [0.4, 0.5) is 0 Å². The molecule has 5 nitrogen and oxygen atoms in total. The van der Waals surface area contributed by atoms with E-state index < -0.39 is 0 Å². The maximum atomic E-state index is 12.9. The molecule has 0 radical (unpaired) electrons. The number of carbonyl (C=O) groups excluding carboxylic acids is 1. The topological polar surface area (TPSA) is 59.2 Å². The lowest BCUT2D eigenvalue weighted by atomic mass is 9.97. The van der Waals surface area contributed by atoms with Crippen molar-refractivity contribution in [1.29, 1.82) is 0 Å². The minimum absolute atomic E-state index is 0.0388. The van der Waals surface area contributed by atoms with Crippen LogP contribution in [-0.4, -0.2) is 27.3 Å². The van der Waals surface area contributed by atoms with Gasteiger partial charge < -0.3 is 9.32 Å². The summed E-state index contributed by atoms with van der Waals surface area (Å²) in [5.74, 6) is 1.60. The van der Waals surface area contributed by atoms with E-state index in [1.807, 2.05) is 40.6 Å². The Morgan fingerprint density at radius 2 is 1.96 bits per heavy atom. The van der Waals surface area contributed by atoms with Gasteiger partial charge in [0.05, 0.1) is 12.2 Å². The molecule has 0 bridgehead atoms. The van der Waals surface area contributed by atoms with Crippen LogP contribution in [-0.2, 0) is 18.4 Å². The van der Waals surface area contributed by atoms with Crippen molar-refractivity contribution in [2.75, 3.05) is 6.54 Å². The largest absolute Gasteiger partial charge is 0.445 e. The summed E-state index contributed by atoms with van der Waals surface area (Å²) in [7, 11) is 0. The number of nitrogens with zero attached hydrogens (tertiary/aromatic N) is 3. The molecule has 0 saturated carbocycles. The van der Waals surface area contributed by atoms with Crippen LogP contribution in [0.2, 0.25) is 0 Å². The average Bonchev–Trinajstić information content (AvgIpc) is 3.28. The number of amides is 1. The Labute approximate surface area is 156 Å². The molecule has 0 spiro atoms. The van der Waals surface area contributed by atoms with Gasteiger partial charge in [0, 0.05) is 29.3 Å². The van der Waals surface area contributed by atoms with E-state index in [4.69, 9.17) is 4.42 Å². The summed E-state index contributed by atoms with van der Waals surface area (Å²) < 4.78 is 5.90. The van der Waals surface area contributed by atoms with Crippen LogP contribution in [0.15, 0.2) is 40.1 Å². The fourth-order valence-electron chi connectivity index (χ4n) is 2.94. The Balaban J connectivity index is 1.53. The van der Waals surface area contributed by atoms with Gasteiger partial charge in [-0.25, -0.2) is 9.97 Å². The highest BCUT2D eigenvalue weighted by atomic mass is 32.1. The lowest BCUT2D eigenvalue weighted by Gasteiger charge is -2.24. The molecule has 1 aliphatic heterocycles. The van der Waals surface area contributed by atoms with Gasteiger partial charge in [0.1, 0.15) is 11.5 Å². The fraction of sp³-hybridized carbons (Fsp3) is 0.350. The monoisotopic (exact) mass is 367 g/mol. The molecule has 0 atom stereocenters. The lowest BCUT2D eigenvalue weighted by Crippen LogP contribution is -2.35. The number of carbonyl (C=O) groups is 1. The van der Waals surface area contributed by atoms with E-state index in [-0.39, 0.29) is 11.3 Å². The summed E-state index contributed by atoms with van der Waals surface area (Å²) in [6.45, 7) is 7.34. The van der Waals surface area contributed by atoms with Crippen molar-refractivity contribution in [3.8, 4) is 11.3 Å². The first-order valence-corrected chi connectivity index (χ1v) is 9.59. The summed E-state index contributed by atoms with van der Waals surface area (Å²) in [4.78, 5) is 23.8. The molecule has 134 valence electrons. The molecular weight excluding hydrogens is 346 g/mol. The highest BCUT2D eigenvalue weighted by Crippen LogP contribution is 2.29. The van der Waals surface area contributed by atoms with Crippen molar-refractivity contribution in [2.24, 2.45) is 0 Å². The zero-order valence-corrected chi connectivity index (χ0v) is 16.0. The molecule has 3 aromatic rings. The molecule has 0 saturated heterocycles. The van der Waals surface area contributed by atoms with E-state index in [0.717, 1.165) is 28.6 Å². The third-order valence-corrected chi connectivity index (χ3v) is 5.24. The van der Waals surface area contributed by atoms with Gasteiger partial charge in [-0.1, -0.05) is 51.1 Å². The number of oxazole rings is 1. The van der Waals surface area contributed by atoms with Crippen molar-refractivity contribution in [2.45, 2.75) is 39.2 Å². The molecule has 0 aliphatic carbocycles. The highest BCUT2D eigenvalue weighted by Gasteiger charge is 2.30. The SMILES string of the molecule is CC(C)(C)c1nc2c(o1)CCN(C(=O)c1nc(-c3ccccc3)cs1)C2. The van der Waals surface area contributed by atoms with Crippen molar-refractivity contribution in [1.82, 2.24) is 14.9 Å². The first kappa shape index (κ1) is 17.0. The molecule has 1 amide bonds. The first-order chi connectivity index (χ1) is 12.4. The van der Waals surface area contributed by atoms with Gasteiger partial charge in [-0.15, -0.1) is 11.3 Å². The van der Waals surface area contributed by atoms with E-state index in [1.165, 1.54) is 11.3 Å². The van der Waals surface area contributed by atoms with Crippen LogP contribution in [0.1, 0.15) is 47.9 Å². The third-order valence-electron chi connectivity index (χ3n) is 4.41. The zero-order valence-electron chi connectivity index (χ0n) is 15.2. The molecule has 26 heavy (non-hydrogen) atoms. The molecule has 1 aromatic carbocycles. The maximum Gasteiger partial charge on any atom is 0.283 e. The molecular formula is C20H21N3O2S. The van der Waals surface area contributed by atoms with Gasteiger partial charge in [0.25, 0.3) is 5.91 Å². The van der Waals surface area contributed by atoms with E-state index >= 15 is 0 Å². The van der Waals surface area contributed by atoms with Crippen molar-refractivity contribution < 1.29 is 9.21 Å². The minimum atomic E-state index is -0.133. The summed E-state index contributed by atoms with van der Waals surface area (Å²) in [6, 6.07) is 9.91.